The second kappa shape index (κ2) is 10.1. The van der Waals surface area contributed by atoms with Gasteiger partial charge in [-0.25, -0.2) is 8.42 Å². The highest BCUT2D eigenvalue weighted by Crippen LogP contribution is 2.27. The number of carbonyl (C=O) groups excluding carboxylic acids is 2. The molecule has 0 radical (unpaired) electrons. The molecule has 2 rings (SSSR count). The first-order chi connectivity index (χ1) is 13.9. The van der Waals surface area contributed by atoms with E-state index in [0.717, 1.165) is 0 Å². The Morgan fingerprint density at radius 2 is 1.87 bits per heavy atom. The average Bonchev–Trinajstić information content (AvgIpc) is 2.62. The van der Waals surface area contributed by atoms with E-state index in [2.05, 4.69) is 5.32 Å². The summed E-state index contributed by atoms with van der Waals surface area (Å²) in [5.41, 5.74) is -0.429. The van der Waals surface area contributed by atoms with Gasteiger partial charge in [0.05, 0.1) is 41.9 Å². The number of likely N-dealkylation sites (N-methyl/N-ethyl adjacent to an activating group) is 1. The molecule has 0 atom stereocenters. The van der Waals surface area contributed by atoms with Crippen molar-refractivity contribution in [2.75, 3.05) is 51.8 Å². The van der Waals surface area contributed by atoms with Gasteiger partial charge >= 0.3 is 5.97 Å². The van der Waals surface area contributed by atoms with Gasteiger partial charge in [0.15, 0.2) is 0 Å². The second-order valence-electron chi connectivity index (χ2n) is 7.97. The van der Waals surface area contributed by atoms with Crippen LogP contribution in [0.5, 0.6) is 0 Å². The molecule has 1 aliphatic heterocycles. The molecule has 1 saturated heterocycles. The molecule has 30 heavy (non-hydrogen) atoms. The zero-order chi connectivity index (χ0) is 22.5. The third-order valence-corrected chi connectivity index (χ3v) is 6.28. The van der Waals surface area contributed by atoms with Crippen LogP contribution in [0.4, 0.5) is 5.69 Å². The Morgan fingerprint density at radius 3 is 2.47 bits per heavy atom. The number of amides is 1. The lowest BCUT2D eigenvalue weighted by molar-refractivity contribution is -0.155. The summed E-state index contributed by atoms with van der Waals surface area (Å²) in [6, 6.07) is 4.16. The lowest BCUT2D eigenvalue weighted by atomic mass is 10.2. The molecule has 1 aromatic rings. The molecule has 0 aliphatic carbocycles. The molecule has 1 aliphatic rings. The number of rotatable bonds is 7. The van der Waals surface area contributed by atoms with Gasteiger partial charge in [-0.2, -0.15) is 4.31 Å². The Morgan fingerprint density at radius 1 is 1.23 bits per heavy atom. The maximum absolute atomic E-state index is 12.8. The van der Waals surface area contributed by atoms with Gasteiger partial charge in [-0.1, -0.05) is 11.6 Å². The number of nitrogens with zero attached hydrogens (tertiary/aromatic N) is 2. The van der Waals surface area contributed by atoms with Crippen molar-refractivity contribution in [2.45, 2.75) is 31.3 Å². The fourth-order valence-corrected chi connectivity index (χ4v) is 4.38. The van der Waals surface area contributed by atoms with Gasteiger partial charge < -0.3 is 14.8 Å². The Labute approximate surface area is 182 Å². The van der Waals surface area contributed by atoms with Crippen LogP contribution in [0, 0.1) is 0 Å². The highest BCUT2D eigenvalue weighted by Gasteiger charge is 2.27. The van der Waals surface area contributed by atoms with Crippen molar-refractivity contribution in [3.05, 3.63) is 23.2 Å². The summed E-state index contributed by atoms with van der Waals surface area (Å²) < 4.78 is 37.4. The molecule has 0 spiro atoms. The molecular formula is C19H28ClN3O6S. The maximum Gasteiger partial charge on any atom is 0.320 e. The quantitative estimate of drug-likeness (QED) is 0.614. The molecule has 1 heterocycles. The summed E-state index contributed by atoms with van der Waals surface area (Å²) in [7, 11) is -2.12. The number of morpholine rings is 1. The highest BCUT2D eigenvalue weighted by molar-refractivity contribution is 7.89. The van der Waals surface area contributed by atoms with Crippen molar-refractivity contribution in [2.24, 2.45) is 0 Å². The average molecular weight is 462 g/mol. The monoisotopic (exact) mass is 461 g/mol. The van der Waals surface area contributed by atoms with E-state index >= 15 is 0 Å². The lowest BCUT2D eigenvalue weighted by Crippen LogP contribution is -2.40. The Bertz CT molecular complexity index is 879. The highest BCUT2D eigenvalue weighted by atomic mass is 35.5. The molecule has 1 N–H and O–H groups in total. The van der Waals surface area contributed by atoms with Crippen LogP contribution in [0.15, 0.2) is 23.1 Å². The molecule has 9 nitrogen and oxygen atoms in total. The summed E-state index contributed by atoms with van der Waals surface area (Å²) in [6.07, 6.45) is 0. The van der Waals surface area contributed by atoms with E-state index in [1.54, 1.807) is 27.8 Å². The molecule has 1 amide bonds. The Hall–Kier alpha value is -1.72. The van der Waals surface area contributed by atoms with E-state index in [4.69, 9.17) is 21.1 Å². The van der Waals surface area contributed by atoms with Crippen LogP contribution >= 0.6 is 11.6 Å². The van der Waals surface area contributed by atoms with E-state index in [1.165, 1.54) is 27.4 Å². The standard InChI is InChI=1S/C19H28ClN3O6S/c1-19(2,3)29-18(25)13-22(4)12-17(24)21-16-11-14(5-6-15(16)20)30(26,27)23-7-9-28-10-8-23/h5-6,11H,7-10,12-13H2,1-4H3,(H,21,24). The van der Waals surface area contributed by atoms with Crippen LogP contribution in [0.25, 0.3) is 0 Å². The summed E-state index contributed by atoms with van der Waals surface area (Å²) in [6.45, 7) is 6.32. The minimum absolute atomic E-state index is 0.0335. The van der Waals surface area contributed by atoms with Crippen LogP contribution in [0.3, 0.4) is 0 Å². The number of halogens is 1. The van der Waals surface area contributed by atoms with Crippen molar-refractivity contribution >= 4 is 39.2 Å². The van der Waals surface area contributed by atoms with E-state index in [9.17, 15) is 18.0 Å². The van der Waals surface area contributed by atoms with Crippen molar-refractivity contribution in [3.8, 4) is 0 Å². The zero-order valence-corrected chi connectivity index (χ0v) is 19.2. The number of ether oxygens (including phenoxy) is 2. The van der Waals surface area contributed by atoms with E-state index < -0.39 is 27.5 Å². The number of nitrogens with one attached hydrogen (secondary N) is 1. The predicted octanol–water partition coefficient (Wildman–Crippen LogP) is 1.57. The van der Waals surface area contributed by atoms with Crippen LogP contribution in [0.1, 0.15) is 20.8 Å². The van der Waals surface area contributed by atoms with Crippen LogP contribution in [0.2, 0.25) is 5.02 Å². The molecule has 0 unspecified atom stereocenters. The normalized spacial score (nSPS) is 15.8. The fourth-order valence-electron chi connectivity index (χ4n) is 2.78. The first-order valence-corrected chi connectivity index (χ1v) is 11.3. The SMILES string of the molecule is CN(CC(=O)Nc1cc(S(=O)(=O)N2CCOCC2)ccc1Cl)CC(=O)OC(C)(C)C. The number of hydrogen-bond acceptors (Lipinski definition) is 7. The molecule has 0 bridgehead atoms. The van der Waals surface area contributed by atoms with E-state index in [-0.39, 0.29) is 41.8 Å². The van der Waals surface area contributed by atoms with Crippen molar-refractivity contribution in [3.63, 3.8) is 0 Å². The largest absolute Gasteiger partial charge is 0.459 e. The first-order valence-electron chi connectivity index (χ1n) is 9.46. The van der Waals surface area contributed by atoms with Crippen molar-refractivity contribution < 1.29 is 27.5 Å². The van der Waals surface area contributed by atoms with Crippen LogP contribution in [-0.2, 0) is 29.1 Å². The summed E-state index contributed by atoms with van der Waals surface area (Å²) >= 11 is 6.14. The summed E-state index contributed by atoms with van der Waals surface area (Å²) in [5, 5.41) is 2.81. The number of benzene rings is 1. The van der Waals surface area contributed by atoms with Gasteiger partial charge in [0.1, 0.15) is 5.60 Å². The van der Waals surface area contributed by atoms with Crippen molar-refractivity contribution in [1.82, 2.24) is 9.21 Å². The number of anilines is 1. The predicted molar refractivity (Wildman–Crippen MR) is 113 cm³/mol. The molecule has 168 valence electrons. The Kier molecular flexibility index (Phi) is 8.23. The van der Waals surface area contributed by atoms with E-state index in [1.807, 2.05) is 0 Å². The number of carbonyl (C=O) groups is 2. The number of sulfonamides is 1. The van der Waals surface area contributed by atoms with Gasteiger partial charge in [0, 0.05) is 13.1 Å². The fraction of sp³-hybridized carbons (Fsp3) is 0.579. The van der Waals surface area contributed by atoms with E-state index in [0.29, 0.717) is 13.2 Å². The molecule has 0 aromatic heterocycles. The topological polar surface area (TPSA) is 105 Å². The Balaban J connectivity index is 2.03. The molecule has 11 heteroatoms. The minimum atomic E-state index is -3.72. The third-order valence-electron chi connectivity index (χ3n) is 4.05. The second-order valence-corrected chi connectivity index (χ2v) is 10.3. The van der Waals surface area contributed by atoms with Gasteiger partial charge in [-0.3, -0.25) is 14.5 Å². The van der Waals surface area contributed by atoms with Gasteiger partial charge in [0.2, 0.25) is 15.9 Å². The molecular weight excluding hydrogens is 434 g/mol. The number of hydrogen-bond donors (Lipinski definition) is 1. The van der Waals surface area contributed by atoms with Crippen LogP contribution in [-0.4, -0.2) is 81.5 Å². The van der Waals surface area contributed by atoms with Crippen LogP contribution < -0.4 is 5.32 Å². The van der Waals surface area contributed by atoms with Crippen molar-refractivity contribution in [1.29, 1.82) is 0 Å². The maximum atomic E-state index is 12.8. The summed E-state index contributed by atoms with van der Waals surface area (Å²) in [5.74, 6) is -0.890. The van der Waals surface area contributed by atoms with Gasteiger partial charge in [0.25, 0.3) is 0 Å². The van der Waals surface area contributed by atoms with Gasteiger partial charge in [-0.05, 0) is 46.0 Å². The molecule has 1 aromatic carbocycles. The lowest BCUT2D eigenvalue weighted by Gasteiger charge is -2.26. The molecule has 1 fully saturated rings. The minimum Gasteiger partial charge on any atom is -0.459 e. The third kappa shape index (κ3) is 7.21. The summed E-state index contributed by atoms with van der Waals surface area (Å²) in [4.78, 5) is 25.8. The zero-order valence-electron chi connectivity index (χ0n) is 17.6. The molecule has 0 saturated carbocycles. The first kappa shape index (κ1) is 24.5. The smallest absolute Gasteiger partial charge is 0.320 e. The number of esters is 1. The van der Waals surface area contributed by atoms with Gasteiger partial charge in [-0.15, -0.1) is 0 Å².